The molecule has 3 N–H and O–H groups in total. The van der Waals surface area contributed by atoms with Crippen LogP contribution < -0.4 is 11.1 Å². The second-order valence-electron chi connectivity index (χ2n) is 3.39. The largest absolute Gasteiger partial charge is 0.352 e. The van der Waals surface area contributed by atoms with Gasteiger partial charge >= 0.3 is 6.03 Å². The molecule has 0 saturated heterocycles. The van der Waals surface area contributed by atoms with Crippen molar-refractivity contribution < 1.29 is 4.79 Å². The molecule has 0 aromatic heterocycles. The Morgan fingerprint density at radius 3 is 2.64 bits per heavy atom. The van der Waals surface area contributed by atoms with Crippen LogP contribution in [0.15, 0.2) is 30.3 Å². The Hall–Kier alpha value is -1.51. The van der Waals surface area contributed by atoms with Crippen LogP contribution in [-0.2, 0) is 0 Å². The number of benzene rings is 1. The lowest BCUT2D eigenvalue weighted by atomic mass is 9.98. The predicted octanol–water partition coefficient (Wildman–Crippen LogP) is 1.85. The predicted molar refractivity (Wildman–Crippen MR) is 57.1 cm³/mol. The van der Waals surface area contributed by atoms with Gasteiger partial charge in [-0.25, -0.2) is 4.79 Å². The van der Waals surface area contributed by atoms with Gasteiger partial charge in [-0.1, -0.05) is 37.3 Å². The molecular formula is C11H16N2O. The van der Waals surface area contributed by atoms with Gasteiger partial charge in [-0.15, -0.1) is 0 Å². The van der Waals surface area contributed by atoms with E-state index in [1.165, 1.54) is 5.56 Å². The van der Waals surface area contributed by atoms with Crippen molar-refractivity contribution in [1.29, 1.82) is 0 Å². The van der Waals surface area contributed by atoms with Gasteiger partial charge in [-0.05, 0) is 17.9 Å². The lowest BCUT2D eigenvalue weighted by molar-refractivity contribution is 0.248. The maximum Gasteiger partial charge on any atom is 0.312 e. The lowest BCUT2D eigenvalue weighted by Crippen LogP contribution is -2.30. The topological polar surface area (TPSA) is 55.1 Å². The van der Waals surface area contributed by atoms with Crippen LogP contribution in [-0.4, -0.2) is 12.6 Å². The molecule has 1 aromatic carbocycles. The van der Waals surface area contributed by atoms with E-state index in [4.69, 9.17) is 5.73 Å². The molecule has 0 saturated carbocycles. The first-order chi connectivity index (χ1) is 6.70. The van der Waals surface area contributed by atoms with E-state index >= 15 is 0 Å². The van der Waals surface area contributed by atoms with Crippen molar-refractivity contribution in [3.05, 3.63) is 35.9 Å². The number of carbonyl (C=O) groups is 1. The summed E-state index contributed by atoms with van der Waals surface area (Å²) in [6, 6.07) is 9.77. The molecule has 0 bridgehead atoms. The Morgan fingerprint density at radius 2 is 2.07 bits per heavy atom. The van der Waals surface area contributed by atoms with Gasteiger partial charge in [-0.3, -0.25) is 0 Å². The van der Waals surface area contributed by atoms with Crippen LogP contribution in [0.25, 0.3) is 0 Å². The Labute approximate surface area is 84.3 Å². The summed E-state index contributed by atoms with van der Waals surface area (Å²) in [4.78, 5) is 10.4. The van der Waals surface area contributed by atoms with Crippen molar-refractivity contribution in [2.75, 3.05) is 6.54 Å². The van der Waals surface area contributed by atoms with Crippen LogP contribution in [0.4, 0.5) is 4.79 Å². The van der Waals surface area contributed by atoms with E-state index in [2.05, 4.69) is 24.4 Å². The summed E-state index contributed by atoms with van der Waals surface area (Å²) in [5, 5.41) is 2.59. The van der Waals surface area contributed by atoms with Gasteiger partial charge in [0.1, 0.15) is 0 Å². The van der Waals surface area contributed by atoms with Crippen molar-refractivity contribution in [2.45, 2.75) is 19.3 Å². The van der Waals surface area contributed by atoms with Gasteiger partial charge in [0.2, 0.25) is 0 Å². The standard InChI is InChI=1S/C11H16N2O/c1-9(7-8-13-11(12)14)10-5-3-2-4-6-10/h2-6,9H,7-8H2,1H3,(H3,12,13,14)/t9-/m0/s1. The average Bonchev–Trinajstić information content (AvgIpc) is 2.18. The fourth-order valence-corrected chi connectivity index (χ4v) is 1.36. The molecule has 0 unspecified atom stereocenters. The second-order valence-corrected chi connectivity index (χ2v) is 3.39. The number of nitrogens with one attached hydrogen (secondary N) is 1. The number of nitrogens with two attached hydrogens (primary N) is 1. The van der Waals surface area contributed by atoms with Gasteiger partial charge in [-0.2, -0.15) is 0 Å². The van der Waals surface area contributed by atoms with E-state index in [0.717, 1.165) is 6.42 Å². The summed E-state index contributed by atoms with van der Waals surface area (Å²) in [6.07, 6.45) is 0.910. The molecule has 0 fully saturated rings. The highest BCUT2D eigenvalue weighted by Crippen LogP contribution is 2.17. The van der Waals surface area contributed by atoms with Gasteiger partial charge in [0.25, 0.3) is 0 Å². The molecule has 0 aliphatic rings. The highest BCUT2D eigenvalue weighted by Gasteiger charge is 2.04. The smallest absolute Gasteiger partial charge is 0.312 e. The van der Waals surface area contributed by atoms with Crippen molar-refractivity contribution in [3.63, 3.8) is 0 Å². The zero-order valence-corrected chi connectivity index (χ0v) is 8.36. The molecule has 14 heavy (non-hydrogen) atoms. The van der Waals surface area contributed by atoms with Crippen LogP contribution in [0.1, 0.15) is 24.8 Å². The number of amides is 2. The normalized spacial score (nSPS) is 12.1. The first-order valence-electron chi connectivity index (χ1n) is 4.78. The van der Waals surface area contributed by atoms with Crippen molar-refractivity contribution in [2.24, 2.45) is 5.73 Å². The molecule has 0 heterocycles. The highest BCUT2D eigenvalue weighted by molar-refractivity contribution is 5.71. The van der Waals surface area contributed by atoms with Crippen molar-refractivity contribution >= 4 is 6.03 Å². The third kappa shape index (κ3) is 3.47. The Bertz CT molecular complexity index is 285. The first kappa shape index (κ1) is 10.6. The third-order valence-electron chi connectivity index (χ3n) is 2.25. The van der Waals surface area contributed by atoms with Crippen LogP contribution in [0.3, 0.4) is 0 Å². The molecule has 0 aliphatic carbocycles. The molecule has 1 rings (SSSR count). The molecular weight excluding hydrogens is 176 g/mol. The summed E-state index contributed by atoms with van der Waals surface area (Å²) in [5.41, 5.74) is 6.26. The van der Waals surface area contributed by atoms with Crippen molar-refractivity contribution in [3.8, 4) is 0 Å². The fourth-order valence-electron chi connectivity index (χ4n) is 1.36. The summed E-state index contributed by atoms with van der Waals surface area (Å²) in [6.45, 7) is 2.77. The SMILES string of the molecule is C[C@@H](CCNC(N)=O)c1ccccc1. The minimum Gasteiger partial charge on any atom is -0.352 e. The summed E-state index contributed by atoms with van der Waals surface area (Å²) in [5.74, 6) is 0.447. The second kappa shape index (κ2) is 5.27. The molecule has 2 amide bonds. The minimum atomic E-state index is -0.453. The van der Waals surface area contributed by atoms with E-state index in [1.54, 1.807) is 0 Å². The number of primary amides is 1. The summed E-state index contributed by atoms with van der Waals surface area (Å²) >= 11 is 0. The van der Waals surface area contributed by atoms with E-state index in [-0.39, 0.29) is 0 Å². The maximum atomic E-state index is 10.4. The number of carbonyl (C=O) groups excluding carboxylic acids is 1. The van der Waals surface area contributed by atoms with Gasteiger partial charge in [0, 0.05) is 6.54 Å². The van der Waals surface area contributed by atoms with E-state index in [1.807, 2.05) is 18.2 Å². The number of hydrogen-bond donors (Lipinski definition) is 2. The van der Waals surface area contributed by atoms with Gasteiger partial charge < -0.3 is 11.1 Å². The molecule has 3 heteroatoms. The lowest BCUT2D eigenvalue weighted by Gasteiger charge is -2.11. The highest BCUT2D eigenvalue weighted by atomic mass is 16.2. The van der Waals surface area contributed by atoms with Crippen LogP contribution in [0.5, 0.6) is 0 Å². The number of urea groups is 1. The van der Waals surface area contributed by atoms with E-state index in [9.17, 15) is 4.79 Å². The van der Waals surface area contributed by atoms with Crippen LogP contribution in [0.2, 0.25) is 0 Å². The monoisotopic (exact) mass is 192 g/mol. The van der Waals surface area contributed by atoms with Gasteiger partial charge in [0.15, 0.2) is 0 Å². The number of rotatable bonds is 4. The Morgan fingerprint density at radius 1 is 1.43 bits per heavy atom. The quantitative estimate of drug-likeness (QED) is 0.751. The molecule has 0 aliphatic heterocycles. The molecule has 0 radical (unpaired) electrons. The third-order valence-corrected chi connectivity index (χ3v) is 2.25. The zero-order valence-electron chi connectivity index (χ0n) is 8.36. The summed E-state index contributed by atoms with van der Waals surface area (Å²) < 4.78 is 0. The van der Waals surface area contributed by atoms with Crippen molar-refractivity contribution in [1.82, 2.24) is 5.32 Å². The molecule has 3 nitrogen and oxygen atoms in total. The molecule has 76 valence electrons. The van der Waals surface area contributed by atoms with E-state index < -0.39 is 6.03 Å². The molecule has 1 atom stereocenters. The number of hydrogen-bond acceptors (Lipinski definition) is 1. The minimum absolute atomic E-state index is 0.447. The van der Waals surface area contributed by atoms with Gasteiger partial charge in [0.05, 0.1) is 0 Å². The maximum absolute atomic E-state index is 10.4. The Kier molecular flexibility index (Phi) is 3.98. The summed E-state index contributed by atoms with van der Waals surface area (Å²) in [7, 11) is 0. The van der Waals surface area contributed by atoms with Crippen LogP contribution >= 0.6 is 0 Å². The zero-order chi connectivity index (χ0) is 10.4. The van der Waals surface area contributed by atoms with E-state index in [0.29, 0.717) is 12.5 Å². The molecule has 0 spiro atoms. The fraction of sp³-hybridized carbons (Fsp3) is 0.364. The average molecular weight is 192 g/mol. The first-order valence-corrected chi connectivity index (χ1v) is 4.78. The van der Waals surface area contributed by atoms with Crippen LogP contribution in [0, 0.1) is 0 Å². The molecule has 1 aromatic rings. The Balaban J connectivity index is 2.36.